The van der Waals surface area contributed by atoms with Gasteiger partial charge < -0.3 is 15.6 Å². The second-order valence-corrected chi connectivity index (χ2v) is 8.66. The SMILES string of the molecule is O=C(NC1CCC(C(F)(F)F)CC1)c1cc2nc(Nc3c(Cl)ccc(Cl)c3F)[nH]c2cc1F. The Labute approximate surface area is 194 Å². The fraction of sp³-hybridized carbons (Fsp3) is 0.333. The summed E-state index contributed by atoms with van der Waals surface area (Å²) < 4.78 is 67.3. The third kappa shape index (κ3) is 5.01. The molecule has 1 saturated carbocycles. The fourth-order valence-electron chi connectivity index (χ4n) is 3.85. The number of fused-ring (bicyclic) bond motifs is 1. The summed E-state index contributed by atoms with van der Waals surface area (Å²) in [5, 5.41) is 5.13. The first-order chi connectivity index (χ1) is 15.5. The molecule has 2 aromatic carbocycles. The quantitative estimate of drug-likeness (QED) is 0.271. The first-order valence-electron chi connectivity index (χ1n) is 10.00. The van der Waals surface area contributed by atoms with E-state index in [1.54, 1.807) is 0 Å². The van der Waals surface area contributed by atoms with E-state index < -0.39 is 35.7 Å². The zero-order valence-corrected chi connectivity index (χ0v) is 18.3. The molecule has 5 nitrogen and oxygen atoms in total. The number of hydrogen-bond acceptors (Lipinski definition) is 3. The van der Waals surface area contributed by atoms with E-state index in [1.165, 1.54) is 18.2 Å². The van der Waals surface area contributed by atoms with Gasteiger partial charge >= 0.3 is 6.18 Å². The van der Waals surface area contributed by atoms with Gasteiger partial charge in [-0.25, -0.2) is 13.8 Å². The van der Waals surface area contributed by atoms with Gasteiger partial charge in [-0.1, -0.05) is 23.2 Å². The van der Waals surface area contributed by atoms with Gasteiger partial charge in [0.1, 0.15) is 5.82 Å². The van der Waals surface area contributed by atoms with E-state index in [9.17, 15) is 26.7 Å². The smallest absolute Gasteiger partial charge is 0.349 e. The molecule has 0 bridgehead atoms. The Bertz CT molecular complexity index is 1210. The zero-order valence-electron chi connectivity index (χ0n) is 16.8. The minimum Gasteiger partial charge on any atom is -0.349 e. The van der Waals surface area contributed by atoms with E-state index in [1.807, 2.05) is 0 Å². The number of aromatic nitrogens is 2. The Kier molecular flexibility index (Phi) is 6.41. The van der Waals surface area contributed by atoms with E-state index in [0.717, 1.165) is 6.07 Å². The monoisotopic (exact) mass is 506 g/mol. The molecule has 1 aliphatic carbocycles. The summed E-state index contributed by atoms with van der Waals surface area (Å²) in [6.07, 6.45) is -4.12. The van der Waals surface area contributed by atoms with Crippen molar-refractivity contribution >= 4 is 51.8 Å². The Morgan fingerprint density at radius 1 is 1.06 bits per heavy atom. The molecule has 1 fully saturated rings. The van der Waals surface area contributed by atoms with Gasteiger partial charge in [0, 0.05) is 12.1 Å². The molecule has 1 aromatic heterocycles. The molecule has 0 atom stereocenters. The van der Waals surface area contributed by atoms with Crippen LogP contribution in [0.5, 0.6) is 0 Å². The maximum absolute atomic E-state index is 14.6. The molecule has 33 heavy (non-hydrogen) atoms. The first-order valence-corrected chi connectivity index (χ1v) is 10.8. The number of hydrogen-bond donors (Lipinski definition) is 3. The van der Waals surface area contributed by atoms with Gasteiger partial charge in [-0.15, -0.1) is 0 Å². The van der Waals surface area contributed by atoms with Crippen LogP contribution in [0, 0.1) is 17.6 Å². The van der Waals surface area contributed by atoms with Crippen LogP contribution >= 0.6 is 23.2 Å². The molecule has 0 saturated heterocycles. The number of imidazole rings is 1. The molecule has 1 heterocycles. The van der Waals surface area contributed by atoms with Crippen molar-refractivity contribution in [2.45, 2.75) is 37.9 Å². The molecule has 176 valence electrons. The number of aromatic amines is 1. The highest BCUT2D eigenvalue weighted by atomic mass is 35.5. The number of nitrogens with one attached hydrogen (secondary N) is 3. The summed E-state index contributed by atoms with van der Waals surface area (Å²) in [6.45, 7) is 0. The topological polar surface area (TPSA) is 69.8 Å². The number of carbonyl (C=O) groups is 1. The van der Waals surface area contributed by atoms with E-state index >= 15 is 0 Å². The summed E-state index contributed by atoms with van der Waals surface area (Å²) in [5.74, 6) is -3.73. The van der Waals surface area contributed by atoms with Crippen molar-refractivity contribution in [2.24, 2.45) is 5.92 Å². The highest BCUT2D eigenvalue weighted by Crippen LogP contribution is 2.37. The summed E-state index contributed by atoms with van der Waals surface area (Å²) >= 11 is 11.8. The molecule has 1 amide bonds. The highest BCUT2D eigenvalue weighted by molar-refractivity contribution is 6.35. The van der Waals surface area contributed by atoms with Crippen LogP contribution in [0.15, 0.2) is 24.3 Å². The highest BCUT2D eigenvalue weighted by Gasteiger charge is 2.41. The largest absolute Gasteiger partial charge is 0.391 e. The van der Waals surface area contributed by atoms with Gasteiger partial charge in [0.25, 0.3) is 5.91 Å². The third-order valence-electron chi connectivity index (χ3n) is 5.63. The molecular weight excluding hydrogens is 490 g/mol. The molecule has 1 aliphatic rings. The standard InChI is InChI=1S/C21H17Cl2F5N4O/c22-12-5-6-13(23)18(17(12)25)32-20-30-15-7-11(14(24)8-16(15)31-20)19(33)29-10-3-1-9(2-4-10)21(26,27)28/h5-10H,1-4H2,(H,29,33)(H2,30,31,32). The number of nitrogens with zero attached hydrogens (tertiary/aromatic N) is 1. The molecule has 4 rings (SSSR count). The second-order valence-electron chi connectivity index (χ2n) is 7.84. The lowest BCUT2D eigenvalue weighted by Gasteiger charge is -2.30. The molecule has 3 N–H and O–H groups in total. The molecule has 3 aromatic rings. The third-order valence-corrected chi connectivity index (χ3v) is 6.23. The Morgan fingerprint density at radius 2 is 1.73 bits per heavy atom. The minimum absolute atomic E-state index is 0.0375. The number of H-pyrrole nitrogens is 1. The van der Waals surface area contributed by atoms with Crippen LogP contribution in [-0.4, -0.2) is 28.1 Å². The van der Waals surface area contributed by atoms with Gasteiger partial charge in [-0.05, 0) is 43.9 Å². The Hall–Kier alpha value is -2.59. The van der Waals surface area contributed by atoms with Crippen LogP contribution in [0.2, 0.25) is 10.0 Å². The van der Waals surface area contributed by atoms with Crippen molar-refractivity contribution in [2.75, 3.05) is 5.32 Å². The molecule has 0 aliphatic heterocycles. The number of alkyl halides is 3. The second kappa shape index (κ2) is 8.98. The number of benzene rings is 2. The van der Waals surface area contributed by atoms with Crippen molar-refractivity contribution in [1.29, 1.82) is 0 Å². The number of anilines is 2. The lowest BCUT2D eigenvalue weighted by atomic mass is 9.85. The number of amides is 1. The van der Waals surface area contributed by atoms with Crippen molar-refractivity contribution in [3.05, 3.63) is 51.5 Å². The number of carbonyl (C=O) groups excluding carboxylic acids is 1. The van der Waals surface area contributed by atoms with Gasteiger partial charge in [-0.3, -0.25) is 4.79 Å². The van der Waals surface area contributed by atoms with Crippen LogP contribution in [-0.2, 0) is 0 Å². The Morgan fingerprint density at radius 3 is 2.39 bits per heavy atom. The summed E-state index contributed by atoms with van der Waals surface area (Å²) in [4.78, 5) is 19.5. The van der Waals surface area contributed by atoms with Gasteiger partial charge in [0.05, 0.1) is 38.2 Å². The fourth-order valence-corrected chi connectivity index (χ4v) is 4.20. The lowest BCUT2D eigenvalue weighted by molar-refractivity contribution is -0.182. The van der Waals surface area contributed by atoms with E-state index in [0.29, 0.717) is 0 Å². The van der Waals surface area contributed by atoms with Crippen molar-refractivity contribution in [3.63, 3.8) is 0 Å². The van der Waals surface area contributed by atoms with Gasteiger partial charge in [-0.2, -0.15) is 13.2 Å². The van der Waals surface area contributed by atoms with Crippen LogP contribution in [0.25, 0.3) is 11.0 Å². The van der Waals surface area contributed by atoms with Crippen LogP contribution < -0.4 is 10.6 Å². The van der Waals surface area contributed by atoms with E-state index in [2.05, 4.69) is 20.6 Å². The average molecular weight is 507 g/mol. The summed E-state index contributed by atoms with van der Waals surface area (Å²) in [5.41, 5.74) is 0.0146. The van der Waals surface area contributed by atoms with Gasteiger partial charge in [0.15, 0.2) is 5.82 Å². The van der Waals surface area contributed by atoms with Crippen LogP contribution in [0.4, 0.5) is 33.6 Å². The van der Waals surface area contributed by atoms with Crippen molar-refractivity contribution < 1.29 is 26.7 Å². The molecule has 0 unspecified atom stereocenters. The van der Waals surface area contributed by atoms with Gasteiger partial charge in [0.2, 0.25) is 5.95 Å². The maximum Gasteiger partial charge on any atom is 0.391 e. The van der Waals surface area contributed by atoms with Crippen molar-refractivity contribution in [1.82, 2.24) is 15.3 Å². The van der Waals surface area contributed by atoms with Crippen LogP contribution in [0.1, 0.15) is 36.0 Å². The summed E-state index contributed by atoms with van der Waals surface area (Å²) in [6, 6.07) is 4.47. The maximum atomic E-state index is 14.6. The average Bonchev–Trinajstić information content (AvgIpc) is 3.14. The Balaban J connectivity index is 1.50. The molecular formula is C21H17Cl2F5N4O. The number of halogens is 7. The number of rotatable bonds is 4. The first kappa shape index (κ1) is 23.6. The zero-order chi connectivity index (χ0) is 23.9. The summed E-state index contributed by atoms with van der Waals surface area (Å²) in [7, 11) is 0. The minimum atomic E-state index is -4.25. The predicted molar refractivity (Wildman–Crippen MR) is 115 cm³/mol. The molecule has 0 spiro atoms. The van der Waals surface area contributed by atoms with Crippen LogP contribution in [0.3, 0.4) is 0 Å². The predicted octanol–water partition coefficient (Wildman–Crippen LogP) is 6.74. The lowest BCUT2D eigenvalue weighted by Crippen LogP contribution is -2.40. The molecule has 12 heteroatoms. The van der Waals surface area contributed by atoms with E-state index in [4.69, 9.17) is 23.2 Å². The normalized spacial score (nSPS) is 19.0. The van der Waals surface area contributed by atoms with E-state index in [-0.39, 0.29) is 64.0 Å². The molecule has 0 radical (unpaired) electrons. The van der Waals surface area contributed by atoms with Crippen molar-refractivity contribution in [3.8, 4) is 0 Å².